The molecule has 1 saturated carbocycles. The Morgan fingerprint density at radius 1 is 0.310 bits per heavy atom. The van der Waals surface area contributed by atoms with Gasteiger partial charge in [-0.2, -0.15) is 0 Å². The van der Waals surface area contributed by atoms with Crippen molar-refractivity contribution in [3.8, 4) is 0 Å². The van der Waals surface area contributed by atoms with Crippen LogP contribution in [-0.2, 0) is 0 Å². The summed E-state index contributed by atoms with van der Waals surface area (Å²) in [6, 6.07) is 44.2. The van der Waals surface area contributed by atoms with Crippen molar-refractivity contribution in [2.45, 2.75) is 23.7 Å². The molecule has 1 radical (unpaired) electrons. The first-order chi connectivity index (χ1) is 14.4. The van der Waals surface area contributed by atoms with Gasteiger partial charge in [-0.05, 0) is 52.3 Å². The molecule has 0 saturated heterocycles. The molecule has 5 rings (SSSR count). The van der Waals surface area contributed by atoms with Crippen LogP contribution in [-0.4, -0.2) is 0 Å². The zero-order valence-corrected chi connectivity index (χ0v) is 16.4. The Bertz CT molecular complexity index is 935. The predicted octanol–water partition coefficient (Wildman–Crippen LogP) is 7.34. The molecule has 0 heteroatoms. The van der Waals surface area contributed by atoms with Gasteiger partial charge in [-0.25, -0.2) is 0 Å². The topological polar surface area (TPSA) is 0 Å². The molecule has 4 atom stereocenters. The van der Waals surface area contributed by atoms with Crippen molar-refractivity contribution in [2.24, 2.45) is 0 Å². The molecule has 0 aliphatic heterocycles. The third kappa shape index (κ3) is 3.51. The van der Waals surface area contributed by atoms with Crippen molar-refractivity contribution in [1.82, 2.24) is 0 Å². The molecule has 1 aliphatic carbocycles. The van der Waals surface area contributed by atoms with Crippen LogP contribution in [0.15, 0.2) is 121 Å². The molecule has 141 valence electrons. The van der Waals surface area contributed by atoms with Gasteiger partial charge in [0, 0.05) is 0 Å². The maximum absolute atomic E-state index is 2.60. The Kier molecular flexibility index (Phi) is 5.01. The third-order valence-corrected chi connectivity index (χ3v) is 6.31. The Morgan fingerprint density at radius 2 is 0.586 bits per heavy atom. The van der Waals surface area contributed by atoms with E-state index in [9.17, 15) is 0 Å². The second kappa shape index (κ2) is 8.09. The van der Waals surface area contributed by atoms with E-state index in [2.05, 4.69) is 128 Å². The minimum absolute atomic E-state index is 0.383. The lowest BCUT2D eigenvalue weighted by Gasteiger charge is -2.28. The van der Waals surface area contributed by atoms with Crippen LogP contribution >= 0.6 is 0 Å². The summed E-state index contributed by atoms with van der Waals surface area (Å²) in [5, 5.41) is 0. The Morgan fingerprint density at radius 3 is 0.897 bits per heavy atom. The van der Waals surface area contributed by atoms with Crippen molar-refractivity contribution < 1.29 is 0 Å². The van der Waals surface area contributed by atoms with Crippen LogP contribution in [0, 0.1) is 6.42 Å². The van der Waals surface area contributed by atoms with Gasteiger partial charge >= 0.3 is 0 Å². The summed E-state index contributed by atoms with van der Waals surface area (Å²) in [4.78, 5) is 0. The first kappa shape index (κ1) is 17.9. The van der Waals surface area contributed by atoms with Crippen molar-refractivity contribution in [2.75, 3.05) is 0 Å². The van der Waals surface area contributed by atoms with Gasteiger partial charge in [0.05, 0.1) is 0 Å². The lowest BCUT2D eigenvalue weighted by atomic mass is 9.75. The highest BCUT2D eigenvalue weighted by atomic mass is 14.5. The largest absolute Gasteiger partial charge is 0.0622 e. The number of hydrogen-bond acceptors (Lipinski definition) is 0. The maximum Gasteiger partial charge on any atom is -0.00153 e. The molecule has 0 nitrogen and oxygen atoms in total. The normalized spacial score (nSPS) is 23.7. The molecule has 0 spiro atoms. The molecule has 0 heterocycles. The lowest BCUT2D eigenvalue weighted by molar-refractivity contribution is 0.553. The predicted molar refractivity (Wildman–Crippen MR) is 121 cm³/mol. The second-order valence-electron chi connectivity index (χ2n) is 7.94. The van der Waals surface area contributed by atoms with Gasteiger partial charge in [0.1, 0.15) is 0 Å². The zero-order valence-electron chi connectivity index (χ0n) is 16.4. The van der Waals surface area contributed by atoms with E-state index in [-0.39, 0.29) is 0 Å². The van der Waals surface area contributed by atoms with Crippen LogP contribution < -0.4 is 0 Å². The van der Waals surface area contributed by atoms with Gasteiger partial charge in [0.25, 0.3) is 0 Å². The molecule has 0 aromatic heterocycles. The minimum Gasteiger partial charge on any atom is -0.0622 e. The summed E-state index contributed by atoms with van der Waals surface area (Å²) in [6.07, 6.45) is 2.60. The SMILES string of the molecule is [CH]1C(c2ccccc2)C(c2ccccc2)C(c2ccccc2)C1c1ccccc1. The van der Waals surface area contributed by atoms with Crippen LogP contribution in [0.4, 0.5) is 0 Å². The van der Waals surface area contributed by atoms with Crippen LogP contribution in [0.1, 0.15) is 45.9 Å². The molecule has 4 unspecified atom stereocenters. The van der Waals surface area contributed by atoms with Gasteiger partial charge in [-0.15, -0.1) is 0 Å². The summed E-state index contributed by atoms with van der Waals surface area (Å²) in [5.74, 6) is 1.58. The van der Waals surface area contributed by atoms with Crippen LogP contribution in [0.2, 0.25) is 0 Å². The first-order valence-corrected chi connectivity index (χ1v) is 10.5. The molecule has 29 heavy (non-hydrogen) atoms. The molecule has 4 aromatic carbocycles. The van der Waals surface area contributed by atoms with Gasteiger partial charge < -0.3 is 0 Å². The van der Waals surface area contributed by atoms with E-state index in [0.29, 0.717) is 23.7 Å². The summed E-state index contributed by atoms with van der Waals surface area (Å²) in [7, 11) is 0. The fourth-order valence-electron chi connectivity index (χ4n) is 5.08. The quantitative estimate of drug-likeness (QED) is 0.351. The molecule has 0 bridgehead atoms. The monoisotopic (exact) mass is 373 g/mol. The Balaban J connectivity index is 1.69. The molecule has 0 N–H and O–H groups in total. The smallest absolute Gasteiger partial charge is 0.00153 e. The standard InChI is InChI=1S/C29H25/c1-5-13-22(14-6-1)26-21-27(23-15-7-2-8-16-23)29(25-19-11-4-12-20-25)28(26)24-17-9-3-10-18-24/h1-21,26-29H. The first-order valence-electron chi connectivity index (χ1n) is 10.5. The fraction of sp³-hybridized carbons (Fsp3) is 0.138. The highest BCUT2D eigenvalue weighted by Crippen LogP contribution is 2.59. The molecular formula is C29H25. The zero-order chi connectivity index (χ0) is 19.5. The fourth-order valence-corrected chi connectivity index (χ4v) is 5.08. The summed E-state index contributed by atoms with van der Waals surface area (Å²) in [6.45, 7) is 0. The Hall–Kier alpha value is -3.12. The third-order valence-electron chi connectivity index (χ3n) is 6.31. The minimum atomic E-state index is 0.383. The van der Waals surface area contributed by atoms with E-state index in [4.69, 9.17) is 0 Å². The number of hydrogen-bond donors (Lipinski definition) is 0. The Labute approximate surface area is 173 Å². The summed E-state index contributed by atoms with van der Waals surface area (Å²) < 4.78 is 0. The van der Waals surface area contributed by atoms with Gasteiger partial charge in [-0.3, -0.25) is 0 Å². The second-order valence-corrected chi connectivity index (χ2v) is 7.94. The molecular weight excluding hydrogens is 348 g/mol. The van der Waals surface area contributed by atoms with Crippen LogP contribution in [0.3, 0.4) is 0 Å². The van der Waals surface area contributed by atoms with E-state index in [1.165, 1.54) is 22.3 Å². The van der Waals surface area contributed by atoms with Crippen molar-refractivity contribution in [3.05, 3.63) is 150 Å². The van der Waals surface area contributed by atoms with E-state index >= 15 is 0 Å². The lowest BCUT2D eigenvalue weighted by Crippen LogP contribution is -2.13. The van der Waals surface area contributed by atoms with Gasteiger partial charge in [0.2, 0.25) is 0 Å². The highest BCUT2D eigenvalue weighted by Gasteiger charge is 2.45. The average molecular weight is 374 g/mol. The van der Waals surface area contributed by atoms with Crippen molar-refractivity contribution >= 4 is 0 Å². The number of rotatable bonds is 4. The van der Waals surface area contributed by atoms with Crippen LogP contribution in [0.25, 0.3) is 0 Å². The van der Waals surface area contributed by atoms with Crippen molar-refractivity contribution in [1.29, 1.82) is 0 Å². The van der Waals surface area contributed by atoms with Crippen molar-refractivity contribution in [3.63, 3.8) is 0 Å². The molecule has 0 amide bonds. The average Bonchev–Trinajstić information content (AvgIpc) is 3.22. The summed E-state index contributed by atoms with van der Waals surface area (Å²) >= 11 is 0. The van der Waals surface area contributed by atoms with Gasteiger partial charge in [-0.1, -0.05) is 121 Å². The molecule has 1 fully saturated rings. The molecule has 4 aromatic rings. The van der Waals surface area contributed by atoms with E-state index < -0.39 is 0 Å². The number of benzene rings is 4. The van der Waals surface area contributed by atoms with E-state index in [1.54, 1.807) is 0 Å². The van der Waals surface area contributed by atoms with Gasteiger partial charge in [0.15, 0.2) is 0 Å². The maximum atomic E-state index is 2.60. The van der Waals surface area contributed by atoms with Crippen LogP contribution in [0.5, 0.6) is 0 Å². The summed E-state index contributed by atoms with van der Waals surface area (Å²) in [5.41, 5.74) is 5.65. The van der Waals surface area contributed by atoms with E-state index in [0.717, 1.165) is 0 Å². The highest BCUT2D eigenvalue weighted by molar-refractivity contribution is 5.46. The van der Waals surface area contributed by atoms with E-state index in [1.807, 2.05) is 0 Å². The molecule has 1 aliphatic rings.